The lowest BCUT2D eigenvalue weighted by molar-refractivity contribution is -0.386. The molecule has 0 saturated heterocycles. The maximum Gasteiger partial charge on any atom is 0.300 e. The highest BCUT2D eigenvalue weighted by Crippen LogP contribution is 2.27. The van der Waals surface area contributed by atoms with Crippen LogP contribution in [0.3, 0.4) is 0 Å². The lowest BCUT2D eigenvalue weighted by Crippen LogP contribution is -2.04. The Morgan fingerprint density at radius 3 is 2.69 bits per heavy atom. The third kappa shape index (κ3) is 2.56. The van der Waals surface area contributed by atoms with E-state index in [2.05, 4.69) is 15.9 Å². The van der Waals surface area contributed by atoms with Crippen LogP contribution in [-0.4, -0.2) is 16.0 Å². The molecule has 1 aromatic carbocycles. The van der Waals surface area contributed by atoms with Gasteiger partial charge in [-0.05, 0) is 34.7 Å². The van der Waals surface area contributed by atoms with Crippen LogP contribution >= 0.6 is 38.5 Å². The third-order valence-corrected chi connectivity index (χ3v) is 3.14. The van der Waals surface area contributed by atoms with Crippen molar-refractivity contribution in [1.29, 1.82) is 5.26 Å². The zero-order chi connectivity index (χ0) is 12.3. The molecule has 0 N–H and O–H groups in total. The molecule has 0 atom stereocenters. The van der Waals surface area contributed by atoms with Gasteiger partial charge in [-0.15, -0.1) is 0 Å². The Bertz CT molecular complexity index is 510. The van der Waals surface area contributed by atoms with Gasteiger partial charge in [0.05, 0.1) is 13.8 Å². The number of ketones is 1. The number of nitrogens with zero attached hydrogens (tertiary/aromatic N) is 2. The largest absolute Gasteiger partial charge is 0.300 e. The van der Waals surface area contributed by atoms with E-state index in [9.17, 15) is 14.9 Å². The van der Waals surface area contributed by atoms with Gasteiger partial charge in [0.1, 0.15) is 11.6 Å². The van der Waals surface area contributed by atoms with Gasteiger partial charge >= 0.3 is 0 Å². The van der Waals surface area contributed by atoms with Crippen molar-refractivity contribution in [3.63, 3.8) is 0 Å². The second kappa shape index (κ2) is 5.36. The molecule has 82 valence electrons. The summed E-state index contributed by atoms with van der Waals surface area (Å²) >= 11 is 4.74. The summed E-state index contributed by atoms with van der Waals surface area (Å²) in [4.78, 5) is 21.5. The van der Waals surface area contributed by atoms with Gasteiger partial charge in [0.25, 0.3) is 5.69 Å². The van der Waals surface area contributed by atoms with E-state index >= 15 is 0 Å². The predicted octanol–water partition coefficient (Wildman–Crippen LogP) is 2.65. The number of carbonyl (C=O) groups is 1. The van der Waals surface area contributed by atoms with Crippen molar-refractivity contribution < 1.29 is 9.72 Å². The van der Waals surface area contributed by atoms with Gasteiger partial charge in [0, 0.05) is 5.56 Å². The van der Waals surface area contributed by atoms with E-state index in [4.69, 9.17) is 5.26 Å². The van der Waals surface area contributed by atoms with E-state index in [0.29, 0.717) is 5.56 Å². The number of nitro groups is 1. The molecule has 0 amide bonds. The van der Waals surface area contributed by atoms with E-state index in [1.165, 1.54) is 12.1 Å². The molecule has 0 aliphatic carbocycles. The van der Waals surface area contributed by atoms with Crippen LogP contribution < -0.4 is 0 Å². The van der Waals surface area contributed by atoms with Crippen molar-refractivity contribution >= 4 is 50.0 Å². The van der Waals surface area contributed by atoms with Gasteiger partial charge in [-0.1, -0.05) is 15.9 Å². The standard InChI is InChI=1S/C9H4BrIN2O3/c10-3-8(14)5-1-6(4-12)9(13(15)16)7(11)2-5/h1-2H,3H2. The minimum absolute atomic E-state index is 0.0961. The van der Waals surface area contributed by atoms with Crippen molar-refractivity contribution in [3.05, 3.63) is 36.9 Å². The van der Waals surface area contributed by atoms with Gasteiger partial charge in [-0.3, -0.25) is 14.9 Å². The first kappa shape index (κ1) is 13.1. The fourth-order valence-corrected chi connectivity index (χ4v) is 2.25. The summed E-state index contributed by atoms with van der Waals surface area (Å²) in [6.45, 7) is 0. The second-order valence-electron chi connectivity index (χ2n) is 2.78. The number of nitriles is 1. The topological polar surface area (TPSA) is 84.0 Å². The molecule has 0 bridgehead atoms. The van der Waals surface area contributed by atoms with Gasteiger partial charge in [-0.2, -0.15) is 5.26 Å². The highest BCUT2D eigenvalue weighted by atomic mass is 127. The molecule has 0 unspecified atom stereocenters. The molecule has 0 aromatic heterocycles. The van der Waals surface area contributed by atoms with Crippen molar-refractivity contribution in [2.75, 3.05) is 5.33 Å². The number of rotatable bonds is 3. The summed E-state index contributed by atoms with van der Waals surface area (Å²) in [5.74, 6) is -0.218. The van der Waals surface area contributed by atoms with Crippen LogP contribution in [0.5, 0.6) is 0 Å². The average Bonchev–Trinajstić information content (AvgIpc) is 2.26. The molecule has 1 rings (SSSR count). The van der Waals surface area contributed by atoms with Crippen molar-refractivity contribution in [1.82, 2.24) is 0 Å². The molecule has 5 nitrogen and oxygen atoms in total. The zero-order valence-corrected chi connectivity index (χ0v) is 11.5. The average molecular weight is 395 g/mol. The summed E-state index contributed by atoms with van der Waals surface area (Å²) in [6.07, 6.45) is 0. The van der Waals surface area contributed by atoms with Crippen LogP contribution in [0.4, 0.5) is 5.69 Å². The lowest BCUT2D eigenvalue weighted by Gasteiger charge is -2.01. The molecule has 0 radical (unpaired) electrons. The minimum atomic E-state index is -0.622. The second-order valence-corrected chi connectivity index (χ2v) is 4.50. The summed E-state index contributed by atoms with van der Waals surface area (Å²) in [5, 5.41) is 19.6. The van der Waals surface area contributed by atoms with Gasteiger partial charge in [0.15, 0.2) is 5.78 Å². The maximum absolute atomic E-state index is 11.4. The Hall–Kier alpha value is -1.01. The van der Waals surface area contributed by atoms with E-state index in [0.717, 1.165) is 0 Å². The molecule has 0 saturated carbocycles. The number of hydrogen-bond acceptors (Lipinski definition) is 4. The van der Waals surface area contributed by atoms with Crippen LogP contribution in [-0.2, 0) is 0 Å². The fourth-order valence-electron chi connectivity index (χ4n) is 1.11. The van der Waals surface area contributed by atoms with Crippen LogP contribution in [0.2, 0.25) is 0 Å². The number of Topliss-reactive ketones (excluding diaryl/α,β-unsaturated/α-hetero) is 1. The molecule has 0 spiro atoms. The molecule has 0 aliphatic heterocycles. The van der Waals surface area contributed by atoms with Crippen molar-refractivity contribution in [2.45, 2.75) is 0 Å². The Kier molecular flexibility index (Phi) is 4.37. The Morgan fingerprint density at radius 1 is 1.62 bits per heavy atom. The molecule has 0 aliphatic rings. The van der Waals surface area contributed by atoms with E-state index in [1.807, 2.05) is 0 Å². The molecule has 1 aromatic rings. The SMILES string of the molecule is N#Cc1cc(C(=O)CBr)cc(I)c1[N+](=O)[O-]. The van der Waals surface area contributed by atoms with E-state index in [-0.39, 0.29) is 25.9 Å². The highest BCUT2D eigenvalue weighted by Gasteiger charge is 2.21. The van der Waals surface area contributed by atoms with Gasteiger partial charge < -0.3 is 0 Å². The molecule has 0 fully saturated rings. The van der Waals surface area contributed by atoms with Crippen LogP contribution in [0.25, 0.3) is 0 Å². The first-order valence-corrected chi connectivity index (χ1v) is 6.18. The molecule has 0 heterocycles. The quantitative estimate of drug-likeness (QED) is 0.259. The Labute approximate surface area is 113 Å². The Balaban J connectivity index is 3.45. The number of alkyl halides is 1. The van der Waals surface area contributed by atoms with E-state index in [1.54, 1.807) is 28.7 Å². The smallest absolute Gasteiger partial charge is 0.293 e. The normalized spacial score (nSPS) is 9.56. The van der Waals surface area contributed by atoms with Crippen molar-refractivity contribution in [3.8, 4) is 6.07 Å². The predicted molar refractivity (Wildman–Crippen MR) is 68.7 cm³/mol. The summed E-state index contributed by atoms with van der Waals surface area (Å²) < 4.78 is 0.283. The lowest BCUT2D eigenvalue weighted by atomic mass is 10.1. The summed E-state index contributed by atoms with van der Waals surface area (Å²) in [5.41, 5.74) is -0.0566. The van der Waals surface area contributed by atoms with Gasteiger partial charge in [0.2, 0.25) is 0 Å². The molecule has 7 heteroatoms. The summed E-state index contributed by atoms with van der Waals surface area (Å²) in [7, 11) is 0. The zero-order valence-electron chi connectivity index (χ0n) is 7.74. The third-order valence-electron chi connectivity index (χ3n) is 1.81. The number of halogens is 2. The van der Waals surface area contributed by atoms with Crippen molar-refractivity contribution in [2.24, 2.45) is 0 Å². The van der Waals surface area contributed by atoms with Crippen LogP contribution in [0, 0.1) is 25.0 Å². The van der Waals surface area contributed by atoms with Crippen LogP contribution in [0.15, 0.2) is 12.1 Å². The highest BCUT2D eigenvalue weighted by molar-refractivity contribution is 14.1. The number of carbonyl (C=O) groups excluding carboxylic acids is 1. The summed E-state index contributed by atoms with van der Waals surface area (Å²) in [6, 6.07) is 4.37. The monoisotopic (exact) mass is 394 g/mol. The van der Waals surface area contributed by atoms with Crippen LogP contribution in [0.1, 0.15) is 15.9 Å². The maximum atomic E-state index is 11.4. The van der Waals surface area contributed by atoms with E-state index < -0.39 is 4.92 Å². The molecular weight excluding hydrogens is 391 g/mol. The molecular formula is C9H4BrIN2O3. The Morgan fingerprint density at radius 2 is 2.25 bits per heavy atom. The molecule has 16 heavy (non-hydrogen) atoms. The fraction of sp³-hybridized carbons (Fsp3) is 0.111. The number of hydrogen-bond donors (Lipinski definition) is 0. The first-order valence-electron chi connectivity index (χ1n) is 3.98. The van der Waals surface area contributed by atoms with Gasteiger partial charge in [-0.25, -0.2) is 0 Å². The minimum Gasteiger partial charge on any atom is -0.293 e. The number of benzene rings is 1. The number of nitro benzene ring substituents is 1. The first-order chi connectivity index (χ1) is 7.51.